The predicted molar refractivity (Wildman–Crippen MR) is 103 cm³/mol. The van der Waals surface area contributed by atoms with Crippen LogP contribution in [0.2, 0.25) is 0 Å². The summed E-state index contributed by atoms with van der Waals surface area (Å²) in [6.45, 7) is 5.70. The second kappa shape index (κ2) is 7.58. The average Bonchev–Trinajstić information content (AvgIpc) is 3.28. The number of halogens is 1. The van der Waals surface area contributed by atoms with Gasteiger partial charge in [-0.2, -0.15) is 5.10 Å². The molecule has 0 unspecified atom stereocenters. The maximum atomic E-state index is 6.16. The number of rotatable bonds is 5. The van der Waals surface area contributed by atoms with E-state index in [4.69, 9.17) is 16.3 Å². The average molecular weight is 370 g/mol. The first-order valence-electron chi connectivity index (χ1n) is 8.14. The second-order valence-electron chi connectivity index (χ2n) is 5.76. The van der Waals surface area contributed by atoms with Gasteiger partial charge in [0.15, 0.2) is 11.6 Å². The smallest absolute Gasteiger partial charge is 0.181 e. The lowest BCUT2D eigenvalue weighted by molar-refractivity contribution is 0.413. The number of allylic oxidation sites excluding steroid dienone is 4. The van der Waals surface area contributed by atoms with E-state index in [2.05, 4.69) is 20.2 Å². The van der Waals surface area contributed by atoms with E-state index in [1.165, 1.54) is 0 Å². The van der Waals surface area contributed by atoms with Crippen molar-refractivity contribution >= 4 is 17.2 Å². The highest BCUT2D eigenvalue weighted by atomic mass is 35.5. The minimum absolute atomic E-state index is 0.576. The molecule has 7 heteroatoms. The first-order chi connectivity index (χ1) is 12.5. The van der Waals surface area contributed by atoms with Crippen molar-refractivity contribution in [2.24, 2.45) is 0 Å². The normalized spacial score (nSPS) is 12.5. The molecule has 0 amide bonds. The highest BCUT2D eigenvalue weighted by Gasteiger charge is 2.13. The largest absolute Gasteiger partial charge is 0.495 e. The van der Waals surface area contributed by atoms with Crippen LogP contribution in [0.4, 0.5) is 0 Å². The first kappa shape index (κ1) is 17.9. The van der Waals surface area contributed by atoms with E-state index in [9.17, 15) is 0 Å². The fourth-order valence-electron chi connectivity index (χ4n) is 2.62. The lowest BCUT2D eigenvalue weighted by atomic mass is 10.1. The van der Waals surface area contributed by atoms with Gasteiger partial charge in [0.2, 0.25) is 0 Å². The molecule has 0 spiro atoms. The molecule has 0 fully saturated rings. The number of aryl methyl sites for hydroxylation is 1. The zero-order valence-electron chi connectivity index (χ0n) is 15.1. The van der Waals surface area contributed by atoms with Crippen LogP contribution >= 0.6 is 11.6 Å². The predicted octanol–water partition coefficient (Wildman–Crippen LogP) is 4.52. The van der Waals surface area contributed by atoms with Gasteiger partial charge in [-0.3, -0.25) is 5.10 Å². The number of methoxy groups -OCH3 is 1. The molecule has 0 saturated carbocycles. The molecule has 0 radical (unpaired) electrons. The molecule has 0 bridgehead atoms. The summed E-state index contributed by atoms with van der Waals surface area (Å²) in [7, 11) is 1.64. The van der Waals surface area contributed by atoms with E-state index in [0.29, 0.717) is 22.4 Å². The van der Waals surface area contributed by atoms with Crippen LogP contribution < -0.4 is 4.74 Å². The molecule has 134 valence electrons. The molecule has 2 heterocycles. The maximum Gasteiger partial charge on any atom is 0.181 e. The molecule has 26 heavy (non-hydrogen) atoms. The number of H-pyrrole nitrogens is 1. The number of hydrogen-bond acceptors (Lipinski definition) is 4. The number of nitrogens with one attached hydrogen (secondary N) is 1. The van der Waals surface area contributed by atoms with Crippen molar-refractivity contribution in [3.05, 3.63) is 59.4 Å². The van der Waals surface area contributed by atoms with Gasteiger partial charge in [0.25, 0.3) is 0 Å². The molecule has 1 N–H and O–H groups in total. The molecular formula is C19H20ClN5O. The van der Waals surface area contributed by atoms with E-state index < -0.39 is 0 Å². The van der Waals surface area contributed by atoms with Gasteiger partial charge < -0.3 is 9.30 Å². The van der Waals surface area contributed by atoms with E-state index in [1.54, 1.807) is 13.4 Å². The fraction of sp³-hybridized carbons (Fsp3) is 0.211. The Bertz CT molecular complexity index is 979. The minimum atomic E-state index is 0.576. The van der Waals surface area contributed by atoms with E-state index in [-0.39, 0.29) is 0 Å². The number of nitrogens with zero attached hydrogens (tertiary/aromatic N) is 4. The SMILES string of the molecule is CC=CC(=C(C)Cl)c1nc(-c2ccc(-n3cnc(C)c3)c(OC)c2)n[nH]1. The summed E-state index contributed by atoms with van der Waals surface area (Å²) in [5.74, 6) is 1.91. The number of aromatic nitrogens is 5. The zero-order chi connectivity index (χ0) is 18.7. The third-order valence-electron chi connectivity index (χ3n) is 3.87. The molecule has 3 rings (SSSR count). The molecule has 3 aromatic rings. The molecule has 1 aromatic carbocycles. The second-order valence-corrected chi connectivity index (χ2v) is 6.33. The van der Waals surface area contributed by atoms with Crippen LogP contribution in [-0.2, 0) is 0 Å². The Morgan fingerprint density at radius 2 is 2.15 bits per heavy atom. The van der Waals surface area contributed by atoms with E-state index in [1.807, 2.05) is 61.9 Å². The van der Waals surface area contributed by atoms with Gasteiger partial charge in [-0.15, -0.1) is 0 Å². The summed E-state index contributed by atoms with van der Waals surface area (Å²) in [5.41, 5.74) is 3.50. The van der Waals surface area contributed by atoms with Crippen molar-refractivity contribution in [3.8, 4) is 22.8 Å². The van der Waals surface area contributed by atoms with Gasteiger partial charge >= 0.3 is 0 Å². The van der Waals surface area contributed by atoms with Crippen LogP contribution in [0.1, 0.15) is 25.4 Å². The number of ether oxygens (including phenoxy) is 1. The van der Waals surface area contributed by atoms with Crippen molar-refractivity contribution in [1.29, 1.82) is 0 Å². The van der Waals surface area contributed by atoms with Gasteiger partial charge in [-0.05, 0) is 39.0 Å². The van der Waals surface area contributed by atoms with Crippen LogP contribution in [0, 0.1) is 6.92 Å². The Morgan fingerprint density at radius 1 is 1.35 bits per heavy atom. The van der Waals surface area contributed by atoms with Gasteiger partial charge in [-0.25, -0.2) is 9.97 Å². The molecule has 0 aliphatic carbocycles. The number of benzene rings is 1. The minimum Gasteiger partial charge on any atom is -0.495 e. The fourth-order valence-corrected chi connectivity index (χ4v) is 2.77. The number of hydrogen-bond donors (Lipinski definition) is 1. The standard InChI is InChI=1S/C19H20ClN5O/c1-5-6-15(13(3)20)19-22-18(23-24-19)14-7-8-16(17(9-14)26-4)25-10-12(2)21-11-25/h5-11H,1-4H3,(H,22,23,24). The Hall–Kier alpha value is -2.86. The van der Waals surface area contributed by atoms with Crippen LogP contribution in [-0.4, -0.2) is 31.8 Å². The number of aromatic amines is 1. The Balaban J connectivity index is 2.00. The highest BCUT2D eigenvalue weighted by Crippen LogP contribution is 2.29. The monoisotopic (exact) mass is 369 g/mol. The van der Waals surface area contributed by atoms with Crippen LogP contribution in [0.25, 0.3) is 22.6 Å². The van der Waals surface area contributed by atoms with Crippen LogP contribution in [0.15, 0.2) is 47.9 Å². The van der Waals surface area contributed by atoms with Gasteiger partial charge in [0, 0.05) is 22.4 Å². The molecule has 2 aromatic heterocycles. The third-order valence-corrected chi connectivity index (χ3v) is 4.08. The molecular weight excluding hydrogens is 350 g/mol. The molecule has 0 atom stereocenters. The lowest BCUT2D eigenvalue weighted by Gasteiger charge is -2.10. The quantitative estimate of drug-likeness (QED) is 0.671. The van der Waals surface area contributed by atoms with Crippen molar-refractivity contribution in [2.45, 2.75) is 20.8 Å². The van der Waals surface area contributed by atoms with E-state index >= 15 is 0 Å². The summed E-state index contributed by atoms with van der Waals surface area (Å²) in [4.78, 5) is 8.83. The Morgan fingerprint density at radius 3 is 2.77 bits per heavy atom. The molecule has 0 saturated heterocycles. The summed E-state index contributed by atoms with van der Waals surface area (Å²) in [5, 5.41) is 7.91. The summed E-state index contributed by atoms with van der Waals surface area (Å²) in [6.07, 6.45) is 7.51. The zero-order valence-corrected chi connectivity index (χ0v) is 15.9. The summed E-state index contributed by atoms with van der Waals surface area (Å²) >= 11 is 6.16. The van der Waals surface area contributed by atoms with Crippen molar-refractivity contribution in [3.63, 3.8) is 0 Å². The summed E-state index contributed by atoms with van der Waals surface area (Å²) < 4.78 is 7.47. The Kier molecular flexibility index (Phi) is 5.23. The van der Waals surface area contributed by atoms with Crippen molar-refractivity contribution < 1.29 is 4.74 Å². The lowest BCUT2D eigenvalue weighted by Crippen LogP contribution is -1.96. The molecule has 0 aliphatic rings. The van der Waals surface area contributed by atoms with Crippen LogP contribution in [0.3, 0.4) is 0 Å². The molecule has 6 nitrogen and oxygen atoms in total. The number of imidazole rings is 1. The maximum absolute atomic E-state index is 6.16. The van der Waals surface area contributed by atoms with Crippen molar-refractivity contribution in [1.82, 2.24) is 24.7 Å². The van der Waals surface area contributed by atoms with Gasteiger partial charge in [0.05, 0.1) is 24.8 Å². The van der Waals surface area contributed by atoms with Gasteiger partial charge in [-0.1, -0.05) is 23.8 Å². The molecule has 0 aliphatic heterocycles. The first-order valence-corrected chi connectivity index (χ1v) is 8.52. The van der Waals surface area contributed by atoms with Crippen LogP contribution in [0.5, 0.6) is 5.75 Å². The highest BCUT2D eigenvalue weighted by molar-refractivity contribution is 6.32. The Labute approximate surface area is 157 Å². The van der Waals surface area contributed by atoms with Gasteiger partial charge in [0.1, 0.15) is 5.75 Å². The third kappa shape index (κ3) is 3.55. The summed E-state index contributed by atoms with van der Waals surface area (Å²) in [6, 6.07) is 5.82. The topological polar surface area (TPSA) is 68.6 Å². The van der Waals surface area contributed by atoms with E-state index in [0.717, 1.165) is 22.5 Å². The van der Waals surface area contributed by atoms with Crippen molar-refractivity contribution in [2.75, 3.05) is 7.11 Å².